The third kappa shape index (κ3) is 3.45. The monoisotopic (exact) mass is 276 g/mol. The molecule has 1 fully saturated rings. The first kappa shape index (κ1) is 15.2. The Morgan fingerprint density at radius 2 is 2.15 bits per heavy atom. The molecule has 112 valence electrons. The van der Waals surface area contributed by atoms with E-state index < -0.39 is 0 Å². The smallest absolute Gasteiger partial charge is 0.142 e. The van der Waals surface area contributed by atoms with Gasteiger partial charge < -0.3 is 15.0 Å². The van der Waals surface area contributed by atoms with E-state index in [-0.39, 0.29) is 0 Å². The van der Waals surface area contributed by atoms with Crippen molar-refractivity contribution in [3.63, 3.8) is 0 Å². The molecule has 1 saturated heterocycles. The minimum Gasteiger partial charge on any atom is -0.495 e. The van der Waals surface area contributed by atoms with Gasteiger partial charge in [0.05, 0.1) is 12.8 Å². The molecule has 0 aromatic heterocycles. The molecule has 20 heavy (non-hydrogen) atoms. The van der Waals surface area contributed by atoms with E-state index in [1.54, 1.807) is 7.11 Å². The van der Waals surface area contributed by atoms with Gasteiger partial charge in [0.15, 0.2) is 0 Å². The van der Waals surface area contributed by atoms with Crippen LogP contribution in [0.1, 0.15) is 45.1 Å². The van der Waals surface area contributed by atoms with Gasteiger partial charge in [0.1, 0.15) is 5.75 Å². The third-order valence-corrected chi connectivity index (χ3v) is 4.23. The van der Waals surface area contributed by atoms with E-state index in [2.05, 4.69) is 42.3 Å². The van der Waals surface area contributed by atoms with Crippen molar-refractivity contribution in [2.24, 2.45) is 0 Å². The van der Waals surface area contributed by atoms with Crippen LogP contribution in [0, 0.1) is 0 Å². The van der Waals surface area contributed by atoms with Crippen molar-refractivity contribution in [2.75, 3.05) is 25.1 Å². The molecule has 1 aromatic rings. The van der Waals surface area contributed by atoms with Crippen LogP contribution in [0.25, 0.3) is 0 Å². The Hall–Kier alpha value is -1.22. The molecule has 1 unspecified atom stereocenters. The molecule has 0 saturated carbocycles. The lowest BCUT2D eigenvalue weighted by molar-refractivity contribution is 0.402. The lowest BCUT2D eigenvalue weighted by atomic mass is 9.98. The summed E-state index contributed by atoms with van der Waals surface area (Å²) >= 11 is 0. The predicted molar refractivity (Wildman–Crippen MR) is 85.7 cm³/mol. The van der Waals surface area contributed by atoms with Crippen molar-refractivity contribution in [1.29, 1.82) is 0 Å². The Kier molecular flexibility index (Phi) is 5.72. The summed E-state index contributed by atoms with van der Waals surface area (Å²) in [6, 6.07) is 7.30. The van der Waals surface area contributed by atoms with E-state index in [0.717, 1.165) is 25.4 Å². The fourth-order valence-electron chi connectivity index (χ4n) is 3.08. The highest BCUT2D eigenvalue weighted by atomic mass is 16.5. The van der Waals surface area contributed by atoms with Crippen molar-refractivity contribution in [3.05, 3.63) is 23.8 Å². The van der Waals surface area contributed by atoms with Gasteiger partial charge in [-0.3, -0.25) is 0 Å². The van der Waals surface area contributed by atoms with E-state index in [1.165, 1.54) is 36.9 Å². The normalized spacial score (nSPS) is 19.1. The molecule has 1 aromatic carbocycles. The summed E-state index contributed by atoms with van der Waals surface area (Å²) < 4.78 is 5.64. The number of rotatable bonds is 6. The number of piperidine rings is 1. The first-order chi connectivity index (χ1) is 9.80. The van der Waals surface area contributed by atoms with Crippen molar-refractivity contribution in [3.8, 4) is 5.75 Å². The first-order valence-electron chi connectivity index (χ1n) is 7.94. The number of hydrogen-bond donors (Lipinski definition) is 1. The largest absolute Gasteiger partial charge is 0.495 e. The Morgan fingerprint density at radius 3 is 2.85 bits per heavy atom. The number of methoxy groups -OCH3 is 1. The number of hydrogen-bond acceptors (Lipinski definition) is 3. The minimum absolute atomic E-state index is 0.664. The van der Waals surface area contributed by atoms with Crippen LogP contribution in [0.2, 0.25) is 0 Å². The zero-order valence-corrected chi connectivity index (χ0v) is 13.1. The number of benzene rings is 1. The predicted octanol–water partition coefficient (Wildman–Crippen LogP) is 3.57. The molecule has 0 amide bonds. The molecule has 3 heteroatoms. The number of ether oxygens (including phenoxy) is 1. The number of nitrogens with zero attached hydrogens (tertiary/aromatic N) is 1. The molecule has 0 radical (unpaired) electrons. The number of nitrogens with one attached hydrogen (secondary N) is 1. The van der Waals surface area contributed by atoms with Crippen LogP contribution in [0.5, 0.6) is 5.75 Å². The highest BCUT2D eigenvalue weighted by molar-refractivity contribution is 5.60. The zero-order valence-electron chi connectivity index (χ0n) is 13.1. The lowest BCUT2D eigenvalue weighted by Crippen LogP contribution is -2.39. The van der Waals surface area contributed by atoms with Crippen molar-refractivity contribution in [2.45, 2.75) is 52.1 Å². The highest BCUT2D eigenvalue weighted by Gasteiger charge is 2.23. The van der Waals surface area contributed by atoms with E-state index in [1.807, 2.05) is 0 Å². The molecule has 0 spiro atoms. The summed E-state index contributed by atoms with van der Waals surface area (Å²) in [5.74, 6) is 1.01. The summed E-state index contributed by atoms with van der Waals surface area (Å²) in [5, 5.41) is 3.37. The Morgan fingerprint density at radius 1 is 1.30 bits per heavy atom. The van der Waals surface area contributed by atoms with Gasteiger partial charge in [-0.05, 0) is 49.9 Å². The zero-order chi connectivity index (χ0) is 14.4. The second-order valence-corrected chi connectivity index (χ2v) is 5.54. The first-order valence-corrected chi connectivity index (χ1v) is 7.94. The Bertz CT molecular complexity index is 419. The van der Waals surface area contributed by atoms with Crippen molar-refractivity contribution >= 4 is 5.69 Å². The second kappa shape index (κ2) is 7.53. The maximum Gasteiger partial charge on any atom is 0.142 e. The van der Waals surface area contributed by atoms with Crippen LogP contribution in [-0.2, 0) is 6.54 Å². The van der Waals surface area contributed by atoms with E-state index in [4.69, 9.17) is 4.74 Å². The van der Waals surface area contributed by atoms with Crippen LogP contribution in [0.4, 0.5) is 5.69 Å². The summed E-state index contributed by atoms with van der Waals surface area (Å²) in [7, 11) is 1.78. The van der Waals surface area contributed by atoms with Crippen LogP contribution in [0.15, 0.2) is 18.2 Å². The summed E-state index contributed by atoms with van der Waals surface area (Å²) in [6.07, 6.45) is 5.16. The van der Waals surface area contributed by atoms with Gasteiger partial charge in [-0.25, -0.2) is 0 Å². The van der Waals surface area contributed by atoms with E-state index in [9.17, 15) is 0 Å². The topological polar surface area (TPSA) is 24.5 Å². The summed E-state index contributed by atoms with van der Waals surface area (Å²) in [4.78, 5) is 2.54. The lowest BCUT2D eigenvalue weighted by Gasteiger charge is -2.38. The van der Waals surface area contributed by atoms with Gasteiger partial charge in [0.25, 0.3) is 0 Å². The van der Waals surface area contributed by atoms with E-state index >= 15 is 0 Å². The van der Waals surface area contributed by atoms with Crippen LogP contribution in [0.3, 0.4) is 0 Å². The SMILES string of the molecule is CCNCc1ccc(N2CCCCC2CC)c(OC)c1. The van der Waals surface area contributed by atoms with Gasteiger partial charge in [-0.2, -0.15) is 0 Å². The summed E-state index contributed by atoms with van der Waals surface area (Å²) in [5.41, 5.74) is 2.55. The van der Waals surface area contributed by atoms with Gasteiger partial charge in [-0.15, -0.1) is 0 Å². The summed E-state index contributed by atoms with van der Waals surface area (Å²) in [6.45, 7) is 7.47. The molecule has 1 aliphatic rings. The van der Waals surface area contributed by atoms with Gasteiger partial charge in [0.2, 0.25) is 0 Å². The Balaban J connectivity index is 2.21. The second-order valence-electron chi connectivity index (χ2n) is 5.54. The maximum atomic E-state index is 5.64. The fourth-order valence-corrected chi connectivity index (χ4v) is 3.08. The van der Waals surface area contributed by atoms with Crippen LogP contribution >= 0.6 is 0 Å². The van der Waals surface area contributed by atoms with Gasteiger partial charge >= 0.3 is 0 Å². The minimum atomic E-state index is 0.664. The average Bonchev–Trinajstić information content (AvgIpc) is 2.52. The molecule has 0 bridgehead atoms. The van der Waals surface area contributed by atoms with Gasteiger partial charge in [0, 0.05) is 19.1 Å². The molecular weight excluding hydrogens is 248 g/mol. The third-order valence-electron chi connectivity index (χ3n) is 4.23. The van der Waals surface area contributed by atoms with Crippen molar-refractivity contribution in [1.82, 2.24) is 5.32 Å². The standard InChI is InChI=1S/C17H28N2O/c1-4-15-8-6-7-11-19(15)16-10-9-14(13-18-5-2)12-17(16)20-3/h9-10,12,15,18H,4-8,11,13H2,1-3H3. The van der Waals surface area contributed by atoms with E-state index in [0.29, 0.717) is 6.04 Å². The fraction of sp³-hybridized carbons (Fsp3) is 0.647. The van der Waals surface area contributed by atoms with Crippen LogP contribution < -0.4 is 15.0 Å². The molecule has 1 N–H and O–H groups in total. The van der Waals surface area contributed by atoms with Gasteiger partial charge in [-0.1, -0.05) is 19.9 Å². The molecule has 3 nitrogen and oxygen atoms in total. The van der Waals surface area contributed by atoms with Crippen molar-refractivity contribution < 1.29 is 4.74 Å². The molecule has 2 rings (SSSR count). The molecular formula is C17H28N2O. The molecule has 0 aliphatic carbocycles. The number of anilines is 1. The Labute approximate surface area is 123 Å². The molecule has 1 heterocycles. The quantitative estimate of drug-likeness (QED) is 0.859. The molecule has 1 atom stereocenters. The highest BCUT2D eigenvalue weighted by Crippen LogP contribution is 2.34. The average molecular weight is 276 g/mol. The maximum absolute atomic E-state index is 5.64. The molecule has 1 aliphatic heterocycles. The van der Waals surface area contributed by atoms with Crippen LogP contribution in [-0.4, -0.2) is 26.2 Å².